The SMILES string of the molecule is CCC(CC)CC(Cc1csc(C)n1)NN. The Labute approximate surface area is 102 Å². The molecule has 4 heteroatoms. The third-order valence-corrected chi connectivity index (χ3v) is 3.95. The van der Waals surface area contributed by atoms with Gasteiger partial charge in [0.1, 0.15) is 0 Å². The number of thiazole rings is 1. The Morgan fingerprint density at radius 1 is 1.44 bits per heavy atom. The molecule has 0 aliphatic rings. The van der Waals surface area contributed by atoms with Crippen molar-refractivity contribution >= 4 is 11.3 Å². The number of aromatic nitrogens is 1. The van der Waals surface area contributed by atoms with Gasteiger partial charge in [0, 0.05) is 17.8 Å². The second kappa shape index (κ2) is 6.99. The predicted molar refractivity (Wildman–Crippen MR) is 70.4 cm³/mol. The van der Waals surface area contributed by atoms with Crippen LogP contribution in [0.4, 0.5) is 0 Å². The van der Waals surface area contributed by atoms with Crippen LogP contribution < -0.4 is 11.3 Å². The molecule has 0 bridgehead atoms. The molecule has 1 unspecified atom stereocenters. The fraction of sp³-hybridized carbons (Fsp3) is 0.750. The second-order valence-corrected chi connectivity index (χ2v) is 5.41. The molecular weight excluding hydrogens is 218 g/mol. The first-order chi connectivity index (χ1) is 7.69. The van der Waals surface area contributed by atoms with Gasteiger partial charge in [0.15, 0.2) is 0 Å². The van der Waals surface area contributed by atoms with Gasteiger partial charge in [-0.3, -0.25) is 11.3 Å². The number of hydrogen-bond donors (Lipinski definition) is 2. The van der Waals surface area contributed by atoms with E-state index in [9.17, 15) is 0 Å². The molecule has 0 radical (unpaired) electrons. The molecule has 0 amide bonds. The zero-order chi connectivity index (χ0) is 12.0. The molecule has 3 N–H and O–H groups in total. The molecule has 16 heavy (non-hydrogen) atoms. The van der Waals surface area contributed by atoms with E-state index in [-0.39, 0.29) is 0 Å². The molecule has 0 aliphatic carbocycles. The van der Waals surface area contributed by atoms with Gasteiger partial charge in [0.25, 0.3) is 0 Å². The van der Waals surface area contributed by atoms with Crippen LogP contribution in [-0.2, 0) is 6.42 Å². The molecule has 0 saturated carbocycles. The summed E-state index contributed by atoms with van der Waals surface area (Å²) < 4.78 is 0. The molecule has 0 aliphatic heterocycles. The third kappa shape index (κ3) is 4.20. The summed E-state index contributed by atoms with van der Waals surface area (Å²) in [6, 6.07) is 0.353. The molecule has 0 aromatic carbocycles. The molecule has 1 heterocycles. The van der Waals surface area contributed by atoms with E-state index < -0.39 is 0 Å². The second-order valence-electron chi connectivity index (χ2n) is 4.34. The van der Waals surface area contributed by atoms with Crippen LogP contribution in [-0.4, -0.2) is 11.0 Å². The number of aryl methyl sites for hydroxylation is 1. The summed E-state index contributed by atoms with van der Waals surface area (Å²) >= 11 is 1.71. The van der Waals surface area contributed by atoms with Gasteiger partial charge >= 0.3 is 0 Å². The Kier molecular flexibility index (Phi) is 5.95. The van der Waals surface area contributed by atoms with Crippen LogP contribution >= 0.6 is 11.3 Å². The van der Waals surface area contributed by atoms with Crippen molar-refractivity contribution in [1.82, 2.24) is 10.4 Å². The van der Waals surface area contributed by atoms with Gasteiger partial charge in [-0.05, 0) is 19.3 Å². The number of hydrazine groups is 1. The van der Waals surface area contributed by atoms with Crippen molar-refractivity contribution in [3.63, 3.8) is 0 Å². The standard InChI is InChI=1S/C12H23N3S/c1-4-10(5-2)6-11(15-13)7-12-8-16-9(3)14-12/h8,10-11,15H,4-7,13H2,1-3H3. The van der Waals surface area contributed by atoms with Crippen molar-refractivity contribution in [2.75, 3.05) is 0 Å². The molecule has 3 nitrogen and oxygen atoms in total. The molecule has 0 saturated heterocycles. The smallest absolute Gasteiger partial charge is 0.0897 e. The average molecular weight is 241 g/mol. The first kappa shape index (κ1) is 13.6. The fourth-order valence-electron chi connectivity index (χ4n) is 1.99. The molecular formula is C12H23N3S. The summed E-state index contributed by atoms with van der Waals surface area (Å²) in [6.07, 6.45) is 4.53. The topological polar surface area (TPSA) is 50.9 Å². The van der Waals surface area contributed by atoms with E-state index in [1.54, 1.807) is 11.3 Å². The van der Waals surface area contributed by atoms with E-state index in [0.29, 0.717) is 6.04 Å². The van der Waals surface area contributed by atoms with Crippen molar-refractivity contribution in [1.29, 1.82) is 0 Å². The number of rotatable bonds is 7. The minimum Gasteiger partial charge on any atom is -0.271 e. The summed E-state index contributed by atoms with van der Waals surface area (Å²) in [5.41, 5.74) is 4.09. The highest BCUT2D eigenvalue weighted by molar-refractivity contribution is 7.09. The van der Waals surface area contributed by atoms with Gasteiger partial charge in [-0.2, -0.15) is 0 Å². The number of nitrogens with two attached hydrogens (primary N) is 1. The fourth-order valence-corrected chi connectivity index (χ4v) is 2.61. The molecule has 1 aromatic heterocycles. The zero-order valence-electron chi connectivity index (χ0n) is 10.5. The summed E-state index contributed by atoms with van der Waals surface area (Å²) in [5.74, 6) is 6.38. The molecule has 0 fully saturated rings. The molecule has 1 rings (SSSR count). The van der Waals surface area contributed by atoms with E-state index >= 15 is 0 Å². The lowest BCUT2D eigenvalue weighted by Crippen LogP contribution is -2.38. The zero-order valence-corrected chi connectivity index (χ0v) is 11.3. The minimum atomic E-state index is 0.353. The van der Waals surface area contributed by atoms with Crippen LogP contribution in [0.3, 0.4) is 0 Å². The Morgan fingerprint density at radius 2 is 2.12 bits per heavy atom. The van der Waals surface area contributed by atoms with Crippen LogP contribution in [0, 0.1) is 12.8 Å². The average Bonchev–Trinajstić information content (AvgIpc) is 2.70. The Bertz CT molecular complexity index is 294. The van der Waals surface area contributed by atoms with E-state index in [2.05, 4.69) is 29.6 Å². The molecule has 0 spiro atoms. The van der Waals surface area contributed by atoms with Gasteiger partial charge in [-0.15, -0.1) is 11.3 Å². The summed E-state index contributed by atoms with van der Waals surface area (Å²) in [4.78, 5) is 4.48. The Hall–Kier alpha value is -0.450. The predicted octanol–water partition coefficient (Wildman–Crippen LogP) is 2.65. The first-order valence-electron chi connectivity index (χ1n) is 6.06. The van der Waals surface area contributed by atoms with Crippen molar-refractivity contribution < 1.29 is 0 Å². The van der Waals surface area contributed by atoms with Gasteiger partial charge in [-0.25, -0.2) is 4.98 Å². The summed E-state index contributed by atoms with van der Waals surface area (Å²) in [6.45, 7) is 6.53. The normalized spacial score (nSPS) is 13.3. The highest BCUT2D eigenvalue weighted by Crippen LogP contribution is 2.18. The van der Waals surface area contributed by atoms with Crippen molar-refractivity contribution in [2.45, 2.75) is 52.5 Å². The lowest BCUT2D eigenvalue weighted by Gasteiger charge is -2.20. The number of hydrogen-bond acceptors (Lipinski definition) is 4. The van der Waals surface area contributed by atoms with Crippen molar-refractivity contribution in [3.05, 3.63) is 16.1 Å². The van der Waals surface area contributed by atoms with Crippen LogP contribution in [0.2, 0.25) is 0 Å². The molecule has 1 atom stereocenters. The van der Waals surface area contributed by atoms with E-state index in [0.717, 1.165) is 29.5 Å². The summed E-state index contributed by atoms with van der Waals surface area (Å²) in [7, 11) is 0. The summed E-state index contributed by atoms with van der Waals surface area (Å²) in [5, 5.41) is 3.26. The largest absolute Gasteiger partial charge is 0.271 e. The Morgan fingerprint density at radius 3 is 2.56 bits per heavy atom. The maximum absolute atomic E-state index is 5.61. The maximum atomic E-state index is 5.61. The van der Waals surface area contributed by atoms with Crippen LogP contribution in [0.15, 0.2) is 5.38 Å². The van der Waals surface area contributed by atoms with E-state index in [1.165, 1.54) is 12.8 Å². The maximum Gasteiger partial charge on any atom is 0.0897 e. The number of nitrogens with zero attached hydrogens (tertiary/aromatic N) is 1. The lowest BCUT2D eigenvalue weighted by atomic mass is 9.93. The van der Waals surface area contributed by atoms with Crippen molar-refractivity contribution in [3.8, 4) is 0 Å². The Balaban J connectivity index is 2.48. The van der Waals surface area contributed by atoms with E-state index in [4.69, 9.17) is 5.84 Å². The quantitative estimate of drug-likeness (QED) is 0.570. The van der Waals surface area contributed by atoms with Gasteiger partial charge in [-0.1, -0.05) is 26.7 Å². The van der Waals surface area contributed by atoms with Crippen molar-refractivity contribution in [2.24, 2.45) is 11.8 Å². The highest BCUT2D eigenvalue weighted by atomic mass is 32.1. The van der Waals surface area contributed by atoms with Crippen LogP contribution in [0.25, 0.3) is 0 Å². The van der Waals surface area contributed by atoms with E-state index in [1.807, 2.05) is 6.92 Å². The van der Waals surface area contributed by atoms with Gasteiger partial charge < -0.3 is 0 Å². The van der Waals surface area contributed by atoms with Gasteiger partial charge in [0.2, 0.25) is 0 Å². The van der Waals surface area contributed by atoms with Crippen LogP contribution in [0.1, 0.15) is 43.8 Å². The van der Waals surface area contributed by atoms with Crippen LogP contribution in [0.5, 0.6) is 0 Å². The molecule has 92 valence electrons. The first-order valence-corrected chi connectivity index (χ1v) is 6.94. The monoisotopic (exact) mass is 241 g/mol. The number of nitrogens with one attached hydrogen (secondary N) is 1. The van der Waals surface area contributed by atoms with Gasteiger partial charge in [0.05, 0.1) is 10.7 Å². The lowest BCUT2D eigenvalue weighted by molar-refractivity contribution is 0.365. The highest BCUT2D eigenvalue weighted by Gasteiger charge is 2.14. The third-order valence-electron chi connectivity index (χ3n) is 3.13. The minimum absolute atomic E-state index is 0.353. The molecule has 1 aromatic rings.